The lowest BCUT2D eigenvalue weighted by atomic mass is 10.1. The number of nitrogens with one attached hydrogen (secondary N) is 2. The van der Waals surface area contributed by atoms with E-state index in [9.17, 15) is 9.59 Å². The van der Waals surface area contributed by atoms with Gasteiger partial charge in [0.05, 0.1) is 0 Å². The van der Waals surface area contributed by atoms with Crippen LogP contribution >= 0.6 is 11.6 Å². The van der Waals surface area contributed by atoms with Crippen molar-refractivity contribution in [1.29, 1.82) is 0 Å². The summed E-state index contributed by atoms with van der Waals surface area (Å²) in [5, 5.41) is 6.48. The molecule has 2 amide bonds. The SMILES string of the molecule is CNC(C)CNC(=O)C1CCN(c2ccc(Cl)cc2)C1=O. The van der Waals surface area contributed by atoms with Crippen LogP contribution in [0.1, 0.15) is 13.3 Å². The molecule has 1 aromatic rings. The number of likely N-dealkylation sites (N-methyl/N-ethyl adjacent to an activating group) is 1. The summed E-state index contributed by atoms with van der Waals surface area (Å²) < 4.78 is 0. The van der Waals surface area contributed by atoms with Crippen molar-refractivity contribution in [1.82, 2.24) is 10.6 Å². The van der Waals surface area contributed by atoms with Gasteiger partial charge >= 0.3 is 0 Å². The van der Waals surface area contributed by atoms with E-state index in [4.69, 9.17) is 11.6 Å². The van der Waals surface area contributed by atoms with Crippen LogP contribution in [0.2, 0.25) is 5.02 Å². The molecule has 0 aliphatic carbocycles. The second kappa shape index (κ2) is 6.91. The number of rotatable bonds is 5. The highest BCUT2D eigenvalue weighted by molar-refractivity contribution is 6.30. The molecule has 0 saturated carbocycles. The predicted octanol–water partition coefficient (Wildman–Crippen LogP) is 1.42. The number of benzene rings is 1. The quantitative estimate of drug-likeness (QED) is 0.809. The third-order valence-corrected chi connectivity index (χ3v) is 3.99. The summed E-state index contributed by atoms with van der Waals surface area (Å²) in [7, 11) is 1.83. The van der Waals surface area contributed by atoms with E-state index in [1.165, 1.54) is 0 Å². The molecular weight excluding hydrogens is 290 g/mol. The van der Waals surface area contributed by atoms with Crippen LogP contribution in [0.25, 0.3) is 0 Å². The van der Waals surface area contributed by atoms with Gasteiger partial charge in [0, 0.05) is 29.8 Å². The Balaban J connectivity index is 1.98. The maximum Gasteiger partial charge on any atom is 0.239 e. The lowest BCUT2D eigenvalue weighted by molar-refractivity contribution is -0.132. The minimum atomic E-state index is -0.593. The first-order valence-electron chi connectivity index (χ1n) is 7.05. The second-order valence-electron chi connectivity index (χ2n) is 5.24. The Hall–Kier alpha value is -1.59. The summed E-state index contributed by atoms with van der Waals surface area (Å²) in [6, 6.07) is 7.25. The molecule has 0 aromatic heterocycles. The molecule has 6 heteroatoms. The number of anilines is 1. The molecule has 1 fully saturated rings. The average Bonchev–Trinajstić information content (AvgIpc) is 2.87. The zero-order chi connectivity index (χ0) is 15.4. The Morgan fingerprint density at radius 2 is 2.10 bits per heavy atom. The fourth-order valence-corrected chi connectivity index (χ4v) is 2.41. The number of hydrogen-bond acceptors (Lipinski definition) is 3. The van der Waals surface area contributed by atoms with E-state index >= 15 is 0 Å². The molecule has 2 unspecified atom stereocenters. The van der Waals surface area contributed by atoms with Gasteiger partial charge in [-0.15, -0.1) is 0 Å². The number of nitrogens with zero attached hydrogens (tertiary/aromatic N) is 1. The molecule has 2 atom stereocenters. The van der Waals surface area contributed by atoms with Gasteiger partial charge in [0.25, 0.3) is 0 Å². The monoisotopic (exact) mass is 309 g/mol. The lowest BCUT2D eigenvalue weighted by Gasteiger charge is -2.17. The third kappa shape index (κ3) is 3.74. The minimum absolute atomic E-state index is 0.146. The topological polar surface area (TPSA) is 61.4 Å². The molecule has 0 radical (unpaired) electrons. The zero-order valence-corrected chi connectivity index (χ0v) is 13.0. The second-order valence-corrected chi connectivity index (χ2v) is 5.68. The van der Waals surface area contributed by atoms with E-state index in [0.29, 0.717) is 24.5 Å². The highest BCUT2D eigenvalue weighted by Gasteiger charge is 2.37. The van der Waals surface area contributed by atoms with Crippen molar-refractivity contribution < 1.29 is 9.59 Å². The van der Waals surface area contributed by atoms with Gasteiger partial charge in [0.2, 0.25) is 11.8 Å². The molecule has 1 aromatic carbocycles. The molecule has 1 aliphatic rings. The Kier molecular flexibility index (Phi) is 5.20. The van der Waals surface area contributed by atoms with Crippen molar-refractivity contribution in [3.8, 4) is 0 Å². The third-order valence-electron chi connectivity index (χ3n) is 3.74. The van der Waals surface area contributed by atoms with Gasteiger partial charge < -0.3 is 15.5 Å². The summed E-state index contributed by atoms with van der Waals surface area (Å²) >= 11 is 5.84. The fourth-order valence-electron chi connectivity index (χ4n) is 2.28. The van der Waals surface area contributed by atoms with Gasteiger partial charge in [-0.2, -0.15) is 0 Å². The van der Waals surface area contributed by atoms with Gasteiger partial charge in [0.15, 0.2) is 0 Å². The summed E-state index contributed by atoms with van der Waals surface area (Å²) in [4.78, 5) is 26.1. The fraction of sp³-hybridized carbons (Fsp3) is 0.467. The number of carbonyl (C=O) groups is 2. The number of amides is 2. The molecule has 1 heterocycles. The van der Waals surface area contributed by atoms with E-state index < -0.39 is 5.92 Å². The minimum Gasteiger partial charge on any atom is -0.354 e. The van der Waals surface area contributed by atoms with Gasteiger partial charge in [0.1, 0.15) is 5.92 Å². The van der Waals surface area contributed by atoms with Crippen molar-refractivity contribution in [2.45, 2.75) is 19.4 Å². The van der Waals surface area contributed by atoms with Gasteiger partial charge in [-0.1, -0.05) is 11.6 Å². The van der Waals surface area contributed by atoms with Crippen molar-refractivity contribution >= 4 is 29.1 Å². The highest BCUT2D eigenvalue weighted by atomic mass is 35.5. The largest absolute Gasteiger partial charge is 0.354 e. The highest BCUT2D eigenvalue weighted by Crippen LogP contribution is 2.26. The Morgan fingerprint density at radius 3 is 2.71 bits per heavy atom. The van der Waals surface area contributed by atoms with Crippen molar-refractivity contribution in [2.75, 3.05) is 25.0 Å². The van der Waals surface area contributed by atoms with E-state index in [-0.39, 0.29) is 17.9 Å². The van der Waals surface area contributed by atoms with Crippen LogP contribution in [-0.4, -0.2) is 38.0 Å². The van der Waals surface area contributed by atoms with Crippen LogP contribution in [0.3, 0.4) is 0 Å². The first kappa shape index (κ1) is 15.8. The van der Waals surface area contributed by atoms with Crippen molar-refractivity contribution in [3.63, 3.8) is 0 Å². The zero-order valence-electron chi connectivity index (χ0n) is 12.2. The predicted molar refractivity (Wildman–Crippen MR) is 83.4 cm³/mol. The van der Waals surface area contributed by atoms with Crippen LogP contribution in [0, 0.1) is 5.92 Å². The maximum atomic E-state index is 12.4. The molecule has 2 N–H and O–H groups in total. The normalized spacial score (nSPS) is 19.7. The summed E-state index contributed by atoms with van der Waals surface area (Å²) in [6.45, 7) is 3.04. The molecule has 5 nitrogen and oxygen atoms in total. The maximum absolute atomic E-state index is 12.4. The van der Waals surface area contributed by atoms with E-state index in [0.717, 1.165) is 5.69 Å². The van der Waals surface area contributed by atoms with E-state index in [1.54, 1.807) is 29.2 Å². The average molecular weight is 310 g/mol. The van der Waals surface area contributed by atoms with Crippen LogP contribution in [-0.2, 0) is 9.59 Å². The molecule has 21 heavy (non-hydrogen) atoms. The summed E-state index contributed by atoms with van der Waals surface area (Å²) in [5.41, 5.74) is 0.781. The number of halogens is 1. The molecular formula is C15H20ClN3O2. The van der Waals surface area contributed by atoms with Gasteiger partial charge in [-0.05, 0) is 44.7 Å². The molecule has 0 bridgehead atoms. The van der Waals surface area contributed by atoms with Crippen LogP contribution in [0.4, 0.5) is 5.69 Å². The Labute approximate surface area is 129 Å². The van der Waals surface area contributed by atoms with E-state index in [1.807, 2.05) is 14.0 Å². The molecule has 1 saturated heterocycles. The number of hydrogen-bond donors (Lipinski definition) is 2. The molecule has 2 rings (SSSR count). The first-order chi connectivity index (χ1) is 10.0. The molecule has 114 valence electrons. The van der Waals surface area contributed by atoms with Crippen LogP contribution < -0.4 is 15.5 Å². The lowest BCUT2D eigenvalue weighted by Crippen LogP contribution is -2.42. The van der Waals surface area contributed by atoms with Gasteiger partial charge in [-0.3, -0.25) is 9.59 Å². The smallest absolute Gasteiger partial charge is 0.239 e. The molecule has 1 aliphatic heterocycles. The Bertz CT molecular complexity index is 518. The summed E-state index contributed by atoms with van der Waals surface area (Å²) in [6.07, 6.45) is 0.543. The molecule has 0 spiro atoms. The van der Waals surface area contributed by atoms with Crippen LogP contribution in [0.15, 0.2) is 24.3 Å². The first-order valence-corrected chi connectivity index (χ1v) is 7.42. The van der Waals surface area contributed by atoms with Crippen molar-refractivity contribution in [2.24, 2.45) is 5.92 Å². The van der Waals surface area contributed by atoms with Gasteiger partial charge in [-0.25, -0.2) is 0 Å². The Morgan fingerprint density at radius 1 is 1.43 bits per heavy atom. The van der Waals surface area contributed by atoms with Crippen molar-refractivity contribution in [3.05, 3.63) is 29.3 Å². The standard InChI is InChI=1S/C15H20ClN3O2/c1-10(17-2)9-18-14(20)13-7-8-19(15(13)21)12-5-3-11(16)4-6-12/h3-6,10,13,17H,7-9H2,1-2H3,(H,18,20). The van der Waals surface area contributed by atoms with Crippen LogP contribution in [0.5, 0.6) is 0 Å². The summed E-state index contributed by atoms with van der Waals surface area (Å²) in [5.74, 6) is -0.935. The van der Waals surface area contributed by atoms with E-state index in [2.05, 4.69) is 10.6 Å². The number of carbonyl (C=O) groups excluding carboxylic acids is 2.